The summed E-state index contributed by atoms with van der Waals surface area (Å²) < 4.78 is 15.0. The third kappa shape index (κ3) is 4.06. The molecule has 0 spiro atoms. The van der Waals surface area contributed by atoms with Gasteiger partial charge in [0.1, 0.15) is 10.6 Å². The van der Waals surface area contributed by atoms with Crippen LogP contribution in [0.3, 0.4) is 0 Å². The first-order valence-electron chi connectivity index (χ1n) is 9.69. The van der Waals surface area contributed by atoms with Gasteiger partial charge in [-0.3, -0.25) is 9.59 Å². The molecule has 31 heavy (non-hydrogen) atoms. The molecule has 0 radical (unpaired) electrons. The summed E-state index contributed by atoms with van der Waals surface area (Å²) in [4.78, 5) is 27.8. The van der Waals surface area contributed by atoms with Crippen LogP contribution in [0.4, 0.5) is 4.39 Å². The molecule has 8 heteroatoms. The summed E-state index contributed by atoms with van der Waals surface area (Å²) in [6.07, 6.45) is 0. The zero-order valence-corrected chi connectivity index (χ0v) is 18.2. The van der Waals surface area contributed by atoms with E-state index in [0.717, 1.165) is 27.2 Å². The summed E-state index contributed by atoms with van der Waals surface area (Å²) in [7, 11) is 3.34. The fraction of sp³-hybridized carbons (Fsp3) is 0.174. The summed E-state index contributed by atoms with van der Waals surface area (Å²) in [6.45, 7) is 2.31. The quantitative estimate of drug-likeness (QED) is 0.511. The molecule has 2 heterocycles. The van der Waals surface area contributed by atoms with E-state index in [1.54, 1.807) is 47.9 Å². The number of hydrogen-bond donors (Lipinski definition) is 1. The maximum atomic E-state index is 13.3. The van der Waals surface area contributed by atoms with Gasteiger partial charge in [-0.05, 0) is 55.0 Å². The van der Waals surface area contributed by atoms with Crippen LogP contribution in [0.2, 0.25) is 0 Å². The van der Waals surface area contributed by atoms with Crippen molar-refractivity contribution in [1.29, 1.82) is 0 Å². The molecule has 2 aromatic carbocycles. The Morgan fingerprint density at radius 3 is 2.45 bits per heavy atom. The molecule has 0 bridgehead atoms. The van der Waals surface area contributed by atoms with Gasteiger partial charge in [-0.25, -0.2) is 9.07 Å². The third-order valence-electron chi connectivity index (χ3n) is 5.04. The normalized spacial score (nSPS) is 11.0. The second-order valence-electron chi connectivity index (χ2n) is 7.24. The Bertz CT molecular complexity index is 1260. The molecule has 0 aliphatic heterocycles. The molecule has 0 saturated carbocycles. The van der Waals surface area contributed by atoms with Gasteiger partial charge in [0.2, 0.25) is 0 Å². The average molecular weight is 437 g/mol. The van der Waals surface area contributed by atoms with Crippen LogP contribution in [0.25, 0.3) is 15.9 Å². The number of thiophene rings is 1. The van der Waals surface area contributed by atoms with Crippen molar-refractivity contribution >= 4 is 33.4 Å². The molecule has 0 aliphatic rings. The Kier molecular flexibility index (Phi) is 5.56. The summed E-state index contributed by atoms with van der Waals surface area (Å²) in [6, 6.07) is 15.1. The molecular weight excluding hydrogens is 415 g/mol. The molecule has 0 aliphatic carbocycles. The number of hydrogen-bond acceptors (Lipinski definition) is 4. The van der Waals surface area contributed by atoms with E-state index in [-0.39, 0.29) is 17.6 Å². The van der Waals surface area contributed by atoms with E-state index in [9.17, 15) is 14.0 Å². The lowest BCUT2D eigenvalue weighted by atomic mass is 10.1. The number of fused-ring (bicyclic) bond motifs is 1. The molecular formula is C23H21FN4O2S. The van der Waals surface area contributed by atoms with E-state index < -0.39 is 0 Å². The van der Waals surface area contributed by atoms with Crippen molar-refractivity contribution in [3.63, 3.8) is 0 Å². The van der Waals surface area contributed by atoms with Crippen LogP contribution in [-0.2, 0) is 6.54 Å². The van der Waals surface area contributed by atoms with Crippen LogP contribution in [-0.4, -0.2) is 40.6 Å². The molecule has 0 saturated heterocycles. The van der Waals surface area contributed by atoms with Crippen LogP contribution in [0.5, 0.6) is 0 Å². The molecule has 0 unspecified atom stereocenters. The van der Waals surface area contributed by atoms with E-state index in [1.165, 1.54) is 23.5 Å². The van der Waals surface area contributed by atoms with Crippen molar-refractivity contribution in [3.8, 4) is 5.69 Å². The highest BCUT2D eigenvalue weighted by Gasteiger charge is 2.20. The highest BCUT2D eigenvalue weighted by atomic mass is 32.1. The van der Waals surface area contributed by atoms with Crippen molar-refractivity contribution in [1.82, 2.24) is 20.0 Å². The largest absolute Gasteiger partial charge is 0.355 e. The number of aryl methyl sites for hydroxylation is 1. The molecule has 4 rings (SSSR count). The van der Waals surface area contributed by atoms with Gasteiger partial charge < -0.3 is 10.2 Å². The van der Waals surface area contributed by atoms with E-state index in [4.69, 9.17) is 0 Å². The Balaban J connectivity index is 1.57. The SMILES string of the molecule is CNC(=O)c1ccc(CN(C)C(=O)c2cc3c(C)nn(-c4ccc(F)cc4)c3s2)cc1. The maximum absolute atomic E-state index is 13.3. The number of carbonyl (C=O) groups excluding carboxylic acids is 2. The van der Waals surface area contributed by atoms with E-state index >= 15 is 0 Å². The van der Waals surface area contributed by atoms with Crippen molar-refractivity contribution in [2.45, 2.75) is 13.5 Å². The number of nitrogens with one attached hydrogen (secondary N) is 1. The van der Waals surface area contributed by atoms with Crippen LogP contribution >= 0.6 is 11.3 Å². The predicted octanol–water partition coefficient (Wildman–Crippen LogP) is 4.17. The summed E-state index contributed by atoms with van der Waals surface area (Å²) in [5.74, 6) is -0.552. The van der Waals surface area contributed by atoms with E-state index in [2.05, 4.69) is 10.4 Å². The number of rotatable bonds is 5. The van der Waals surface area contributed by atoms with Gasteiger partial charge in [0.05, 0.1) is 16.3 Å². The average Bonchev–Trinajstić information content (AvgIpc) is 3.34. The molecule has 2 aromatic heterocycles. The van der Waals surface area contributed by atoms with Gasteiger partial charge in [0.15, 0.2) is 0 Å². The van der Waals surface area contributed by atoms with Crippen LogP contribution in [0, 0.1) is 12.7 Å². The minimum Gasteiger partial charge on any atom is -0.355 e. The molecule has 0 fully saturated rings. The molecule has 4 aromatic rings. The Hall–Kier alpha value is -3.52. The van der Waals surface area contributed by atoms with Gasteiger partial charge in [-0.1, -0.05) is 12.1 Å². The molecule has 1 N–H and O–H groups in total. The lowest BCUT2D eigenvalue weighted by Gasteiger charge is -2.16. The fourth-order valence-corrected chi connectivity index (χ4v) is 4.53. The highest BCUT2D eigenvalue weighted by molar-refractivity contribution is 7.20. The maximum Gasteiger partial charge on any atom is 0.264 e. The number of carbonyl (C=O) groups is 2. The second-order valence-corrected chi connectivity index (χ2v) is 8.27. The number of amides is 2. The first kappa shape index (κ1) is 20.7. The van der Waals surface area contributed by atoms with Gasteiger partial charge in [-0.15, -0.1) is 11.3 Å². The number of aromatic nitrogens is 2. The summed E-state index contributed by atoms with van der Waals surface area (Å²) in [5.41, 5.74) is 3.05. The van der Waals surface area contributed by atoms with Crippen molar-refractivity contribution in [3.05, 3.63) is 82.1 Å². The lowest BCUT2D eigenvalue weighted by Crippen LogP contribution is -2.25. The monoisotopic (exact) mass is 436 g/mol. The minimum absolute atomic E-state index is 0.0957. The summed E-state index contributed by atoms with van der Waals surface area (Å²) in [5, 5.41) is 8.03. The number of halogens is 1. The number of nitrogens with zero attached hydrogens (tertiary/aromatic N) is 3. The van der Waals surface area contributed by atoms with Crippen LogP contribution < -0.4 is 5.32 Å². The zero-order chi connectivity index (χ0) is 22.1. The summed E-state index contributed by atoms with van der Waals surface area (Å²) >= 11 is 1.36. The third-order valence-corrected chi connectivity index (χ3v) is 6.13. The second kappa shape index (κ2) is 8.31. The predicted molar refractivity (Wildman–Crippen MR) is 119 cm³/mol. The molecule has 0 atom stereocenters. The standard InChI is InChI=1S/C23H21FN4O2S/c1-14-19-12-20(31-23(19)28(26-14)18-10-8-17(24)9-11-18)22(30)27(3)13-15-4-6-16(7-5-15)21(29)25-2/h4-12H,13H2,1-3H3,(H,25,29). The first-order chi connectivity index (χ1) is 14.9. The zero-order valence-electron chi connectivity index (χ0n) is 17.3. The van der Waals surface area contributed by atoms with Crippen LogP contribution in [0.1, 0.15) is 31.3 Å². The fourth-order valence-electron chi connectivity index (χ4n) is 3.35. The smallest absolute Gasteiger partial charge is 0.264 e. The number of benzene rings is 2. The van der Waals surface area contributed by atoms with Crippen molar-refractivity contribution in [2.75, 3.05) is 14.1 Å². The molecule has 158 valence electrons. The topological polar surface area (TPSA) is 67.2 Å². The van der Waals surface area contributed by atoms with Crippen LogP contribution in [0.15, 0.2) is 54.6 Å². The van der Waals surface area contributed by atoms with Gasteiger partial charge in [0, 0.05) is 31.6 Å². The van der Waals surface area contributed by atoms with Crippen molar-refractivity contribution < 1.29 is 14.0 Å². The van der Waals surface area contributed by atoms with E-state index in [0.29, 0.717) is 17.0 Å². The van der Waals surface area contributed by atoms with Crippen molar-refractivity contribution in [2.24, 2.45) is 0 Å². The molecule has 2 amide bonds. The Morgan fingerprint density at radius 1 is 1.13 bits per heavy atom. The lowest BCUT2D eigenvalue weighted by molar-refractivity contribution is 0.0789. The van der Waals surface area contributed by atoms with Gasteiger partial charge >= 0.3 is 0 Å². The van der Waals surface area contributed by atoms with Gasteiger partial charge in [-0.2, -0.15) is 5.10 Å². The first-order valence-corrected chi connectivity index (χ1v) is 10.5. The highest BCUT2D eigenvalue weighted by Crippen LogP contribution is 2.31. The van der Waals surface area contributed by atoms with E-state index in [1.807, 2.05) is 25.1 Å². The Labute approximate surface area is 182 Å². The molecule has 6 nitrogen and oxygen atoms in total. The minimum atomic E-state index is -0.309. The Morgan fingerprint density at radius 2 is 1.81 bits per heavy atom. The van der Waals surface area contributed by atoms with Gasteiger partial charge in [0.25, 0.3) is 11.8 Å².